The molecule has 3 heterocycles. The van der Waals surface area contributed by atoms with E-state index in [0.29, 0.717) is 0 Å². The molecule has 1 aliphatic carbocycles. The summed E-state index contributed by atoms with van der Waals surface area (Å²) in [4.78, 5) is 7.97. The summed E-state index contributed by atoms with van der Waals surface area (Å²) in [7, 11) is 0. The van der Waals surface area contributed by atoms with Crippen molar-refractivity contribution in [2.75, 3.05) is 14.7 Å². The van der Waals surface area contributed by atoms with Gasteiger partial charge in [-0.05, 0) is 0 Å². The summed E-state index contributed by atoms with van der Waals surface area (Å²) in [5.74, 6) is 2.73. The molecular weight excluding hydrogens is 847 g/mol. The van der Waals surface area contributed by atoms with E-state index in [1.165, 1.54) is 126 Å². The number of hydrogen-bond acceptors (Lipinski definition) is 3. The fraction of sp³-hybridized carbons (Fsp3) is 0.115. The van der Waals surface area contributed by atoms with Crippen LogP contribution >= 0.6 is 0 Å². The molecule has 1 unspecified atom stereocenters. The van der Waals surface area contributed by atoms with Gasteiger partial charge in [0.05, 0.1) is 0 Å². The van der Waals surface area contributed by atoms with Gasteiger partial charge < -0.3 is 0 Å². The van der Waals surface area contributed by atoms with Gasteiger partial charge >= 0.3 is 387 Å². The third-order valence-electron chi connectivity index (χ3n) is 15.0. The summed E-state index contributed by atoms with van der Waals surface area (Å²) in [6.45, 7) is 11.2. The van der Waals surface area contributed by atoms with Crippen LogP contribution in [0.4, 0.5) is 51.2 Å². The zero-order valence-corrected chi connectivity index (χ0v) is 39.8. The van der Waals surface area contributed by atoms with Crippen LogP contribution in [0.25, 0.3) is 11.1 Å². The standard InChI is InChI=1S/C61H49GeN3/c1-38-21-27-45(28-22-38)63-51-33-41(4)34-52-57(51)62(6)58-53(63)35-42(5)36-54(58)65(47-31-25-40(3)26-32-47)60-56-48-19-13-14-20-49(48)61(43-15-9-7-10-16-43,44-17-11-8-12-18-44)50(56)37-55(59(60)62)64(52)46-29-23-39(2)24-30-46/h7-37H,1-6H3. The minimum atomic E-state index is -3.73. The number of anilines is 9. The van der Waals surface area contributed by atoms with Gasteiger partial charge in [0.15, 0.2) is 0 Å². The number of benzene rings is 9. The Labute approximate surface area is 385 Å². The summed E-state index contributed by atoms with van der Waals surface area (Å²) >= 11 is -3.73. The van der Waals surface area contributed by atoms with Crippen molar-refractivity contribution >= 4 is 77.6 Å². The molecule has 4 aliphatic rings. The number of nitrogens with zero attached hydrogens (tertiary/aromatic N) is 3. The van der Waals surface area contributed by atoms with Crippen molar-refractivity contribution in [1.82, 2.24) is 0 Å². The summed E-state index contributed by atoms with van der Waals surface area (Å²) in [5, 5.41) is 0. The fourth-order valence-electron chi connectivity index (χ4n) is 12.3. The van der Waals surface area contributed by atoms with Crippen LogP contribution < -0.4 is 27.9 Å². The van der Waals surface area contributed by atoms with Gasteiger partial charge in [0.25, 0.3) is 0 Å². The maximum atomic E-state index is 2.73. The van der Waals surface area contributed by atoms with Crippen LogP contribution in [0.3, 0.4) is 0 Å². The van der Waals surface area contributed by atoms with Gasteiger partial charge in [0.1, 0.15) is 0 Å². The van der Waals surface area contributed by atoms with Crippen LogP contribution in [0.2, 0.25) is 5.76 Å². The monoisotopic (exact) mass is 897 g/mol. The van der Waals surface area contributed by atoms with Crippen LogP contribution in [0.1, 0.15) is 50.1 Å². The zero-order chi connectivity index (χ0) is 43.9. The van der Waals surface area contributed by atoms with Crippen molar-refractivity contribution in [2.24, 2.45) is 0 Å². The van der Waals surface area contributed by atoms with Crippen molar-refractivity contribution in [2.45, 2.75) is 45.8 Å². The average molecular weight is 897 g/mol. The SMILES string of the molecule is Cc1ccc(N2c3cc(C)cc4[c]3[Ge]3([CH3])[c]5c2cc(C)cc5N(c2ccc(C)cc2)c2c5c(cc([c]23)N4c2ccc(C)cc2)C(c2ccccc2)(c2ccccc2)c2ccccc2-5)cc1. The van der Waals surface area contributed by atoms with E-state index >= 15 is 0 Å². The molecule has 0 amide bonds. The molecule has 0 spiro atoms. The Morgan fingerprint density at radius 3 is 1.20 bits per heavy atom. The van der Waals surface area contributed by atoms with Crippen LogP contribution in [0, 0.1) is 34.6 Å². The van der Waals surface area contributed by atoms with E-state index in [4.69, 9.17) is 0 Å². The number of aryl methyl sites for hydroxylation is 5. The second-order valence-electron chi connectivity index (χ2n) is 19.1. The van der Waals surface area contributed by atoms with Gasteiger partial charge in [0, 0.05) is 0 Å². The van der Waals surface area contributed by atoms with Gasteiger partial charge in [-0.15, -0.1) is 0 Å². The molecule has 65 heavy (non-hydrogen) atoms. The van der Waals surface area contributed by atoms with Gasteiger partial charge in [0.2, 0.25) is 0 Å². The van der Waals surface area contributed by atoms with E-state index in [1.807, 2.05) is 0 Å². The van der Waals surface area contributed by atoms with Crippen LogP contribution in [0.5, 0.6) is 0 Å². The average Bonchev–Trinajstić information content (AvgIpc) is 3.61. The Balaban J connectivity index is 1.28. The normalized spacial score (nSPS) is 16.6. The first-order chi connectivity index (χ1) is 31.7. The Hall–Kier alpha value is -7.08. The van der Waals surface area contributed by atoms with E-state index in [-0.39, 0.29) is 0 Å². The number of rotatable bonds is 5. The summed E-state index contributed by atoms with van der Waals surface area (Å²) in [6.07, 6.45) is 0. The van der Waals surface area contributed by atoms with Gasteiger partial charge in [-0.2, -0.15) is 0 Å². The van der Waals surface area contributed by atoms with Crippen molar-refractivity contribution in [1.29, 1.82) is 0 Å². The molecule has 0 aromatic heterocycles. The van der Waals surface area contributed by atoms with Gasteiger partial charge in [-0.1, -0.05) is 0 Å². The summed E-state index contributed by atoms with van der Waals surface area (Å²) in [6, 6.07) is 72.4. The predicted octanol–water partition coefficient (Wildman–Crippen LogP) is 14.0. The number of hydrogen-bond donors (Lipinski definition) is 0. The summed E-state index contributed by atoms with van der Waals surface area (Å²) in [5.41, 5.74) is 25.0. The Morgan fingerprint density at radius 2 is 0.738 bits per heavy atom. The third kappa shape index (κ3) is 5.08. The van der Waals surface area contributed by atoms with Crippen molar-refractivity contribution in [3.8, 4) is 11.1 Å². The van der Waals surface area contributed by atoms with Crippen molar-refractivity contribution < 1.29 is 0 Å². The van der Waals surface area contributed by atoms with Crippen molar-refractivity contribution in [3.63, 3.8) is 0 Å². The first-order valence-corrected chi connectivity index (χ1v) is 28.3. The second kappa shape index (κ2) is 13.7. The molecule has 1 atom stereocenters. The van der Waals surface area contributed by atoms with E-state index in [1.54, 1.807) is 0 Å². The molecule has 4 heteroatoms. The maximum absolute atomic E-state index is 3.73. The summed E-state index contributed by atoms with van der Waals surface area (Å²) < 4.78 is 4.57. The number of fused-ring (bicyclic) bond motifs is 4. The molecule has 9 aromatic carbocycles. The van der Waals surface area contributed by atoms with E-state index in [0.717, 1.165) is 0 Å². The van der Waals surface area contributed by atoms with Crippen LogP contribution in [-0.2, 0) is 5.41 Å². The molecule has 13 rings (SSSR count). The Kier molecular flexibility index (Phi) is 8.10. The molecule has 0 fully saturated rings. The van der Waals surface area contributed by atoms with E-state index in [9.17, 15) is 0 Å². The molecular formula is C61H49GeN3. The topological polar surface area (TPSA) is 9.72 Å². The molecule has 9 aromatic rings. The van der Waals surface area contributed by atoms with Gasteiger partial charge in [-0.25, -0.2) is 0 Å². The first-order valence-electron chi connectivity index (χ1n) is 23.0. The molecule has 0 bridgehead atoms. The van der Waals surface area contributed by atoms with E-state index in [2.05, 4.69) is 243 Å². The Bertz CT molecular complexity index is 3370. The van der Waals surface area contributed by atoms with Gasteiger partial charge in [-0.3, -0.25) is 0 Å². The van der Waals surface area contributed by atoms with Crippen molar-refractivity contribution in [3.05, 3.63) is 238 Å². The molecule has 0 saturated heterocycles. The molecule has 0 radical (unpaired) electrons. The van der Waals surface area contributed by atoms with E-state index < -0.39 is 18.7 Å². The van der Waals surface area contributed by atoms with Crippen LogP contribution in [0.15, 0.2) is 188 Å². The fourth-order valence-corrected chi connectivity index (χ4v) is 22.7. The predicted molar refractivity (Wildman–Crippen MR) is 276 cm³/mol. The molecule has 0 saturated carbocycles. The molecule has 3 aliphatic heterocycles. The molecule has 312 valence electrons. The van der Waals surface area contributed by atoms with Crippen LogP contribution in [-0.4, -0.2) is 13.3 Å². The first kappa shape index (κ1) is 38.4. The second-order valence-corrected chi connectivity index (χ2v) is 26.9. The molecule has 0 N–H and O–H groups in total. The third-order valence-corrected chi connectivity index (χ3v) is 24.5. The Morgan fingerprint density at radius 1 is 0.354 bits per heavy atom. The zero-order valence-electron chi connectivity index (χ0n) is 37.7. The minimum absolute atomic E-state index is 0.587. The quantitative estimate of drug-likeness (QED) is 0.159. The molecule has 3 nitrogen and oxygen atoms in total.